The van der Waals surface area contributed by atoms with E-state index in [1.165, 1.54) is 9.56 Å². The van der Waals surface area contributed by atoms with Gasteiger partial charge < -0.3 is 9.80 Å². The fourth-order valence-corrected chi connectivity index (χ4v) is 5.41. The van der Waals surface area contributed by atoms with Gasteiger partial charge in [-0.05, 0) is 43.3 Å². The van der Waals surface area contributed by atoms with Crippen LogP contribution in [0.25, 0.3) is 15.7 Å². The number of benzene rings is 1. The van der Waals surface area contributed by atoms with Gasteiger partial charge in [0.05, 0.1) is 10.2 Å². The molecule has 1 aromatic carbocycles. The third kappa shape index (κ3) is 3.67. The molecule has 7 nitrogen and oxygen atoms in total. The zero-order valence-corrected chi connectivity index (χ0v) is 19.6. The van der Waals surface area contributed by atoms with Crippen LogP contribution in [0.1, 0.15) is 17.6 Å². The first-order chi connectivity index (χ1) is 15.4. The molecule has 0 radical (unpaired) electrons. The third-order valence-corrected chi connectivity index (χ3v) is 7.22. The molecule has 0 unspecified atom stereocenters. The molecule has 3 aromatic heterocycles. The number of thiophene rings is 1. The fourth-order valence-electron chi connectivity index (χ4n) is 4.34. The van der Waals surface area contributed by atoms with Crippen molar-refractivity contribution in [3.63, 3.8) is 0 Å². The number of halogens is 1. The summed E-state index contributed by atoms with van der Waals surface area (Å²) < 4.78 is 4.34. The average molecular weight is 470 g/mol. The number of anilines is 1. The molecular formula is C23H24ClN5O2S. The van der Waals surface area contributed by atoms with E-state index in [9.17, 15) is 9.59 Å². The number of carbonyl (C=O) groups is 1. The van der Waals surface area contributed by atoms with E-state index in [0.717, 1.165) is 34.8 Å². The number of fused-ring (bicyclic) bond motifs is 3. The normalized spacial score (nSPS) is 14.6. The monoisotopic (exact) mass is 469 g/mol. The number of nitrogens with zero attached hydrogens (tertiary/aromatic N) is 5. The summed E-state index contributed by atoms with van der Waals surface area (Å²) in [5.74, 6) is 0.707. The van der Waals surface area contributed by atoms with Crippen LogP contribution in [0.4, 0.5) is 5.69 Å². The maximum absolute atomic E-state index is 13.1. The summed E-state index contributed by atoms with van der Waals surface area (Å²) in [6.07, 6.45) is 0.670. The Kier molecular flexibility index (Phi) is 5.43. The van der Waals surface area contributed by atoms with E-state index in [0.29, 0.717) is 30.0 Å². The quantitative estimate of drug-likeness (QED) is 0.458. The fraction of sp³-hybridized carbons (Fsp3) is 0.348. The summed E-state index contributed by atoms with van der Waals surface area (Å²) in [5.41, 5.74) is 2.47. The van der Waals surface area contributed by atoms with Crippen molar-refractivity contribution in [3.05, 3.63) is 62.5 Å². The van der Waals surface area contributed by atoms with Crippen molar-refractivity contribution in [3.8, 4) is 0 Å². The van der Waals surface area contributed by atoms with Crippen molar-refractivity contribution in [1.82, 2.24) is 19.1 Å². The Morgan fingerprint density at radius 1 is 1.09 bits per heavy atom. The molecule has 0 bridgehead atoms. The summed E-state index contributed by atoms with van der Waals surface area (Å²) >= 11 is 7.64. The first-order valence-corrected chi connectivity index (χ1v) is 11.9. The van der Waals surface area contributed by atoms with Crippen LogP contribution in [-0.2, 0) is 17.8 Å². The molecule has 166 valence electrons. The molecule has 0 spiro atoms. The largest absolute Gasteiger partial charge is 0.368 e. The number of hydrogen-bond donors (Lipinski definition) is 0. The zero-order chi connectivity index (χ0) is 22.4. The second-order valence-corrected chi connectivity index (χ2v) is 9.77. The lowest BCUT2D eigenvalue weighted by atomic mass is 10.2. The van der Waals surface area contributed by atoms with Gasteiger partial charge >= 0.3 is 0 Å². The Balaban J connectivity index is 1.35. The lowest BCUT2D eigenvalue weighted by Gasteiger charge is -2.36. The highest BCUT2D eigenvalue weighted by atomic mass is 35.5. The van der Waals surface area contributed by atoms with Gasteiger partial charge in [-0.1, -0.05) is 18.5 Å². The first kappa shape index (κ1) is 21.0. The van der Waals surface area contributed by atoms with E-state index in [-0.39, 0.29) is 18.0 Å². The maximum Gasteiger partial charge on any atom is 0.291 e. The molecule has 1 fully saturated rings. The van der Waals surface area contributed by atoms with E-state index in [2.05, 4.69) is 23.0 Å². The molecule has 1 amide bonds. The molecule has 1 aliphatic rings. The van der Waals surface area contributed by atoms with Crippen LogP contribution in [0.3, 0.4) is 0 Å². The topological polar surface area (TPSA) is 62.9 Å². The van der Waals surface area contributed by atoms with Crippen LogP contribution < -0.4 is 10.5 Å². The van der Waals surface area contributed by atoms with E-state index in [4.69, 9.17) is 11.6 Å². The summed E-state index contributed by atoms with van der Waals surface area (Å²) in [6, 6.07) is 11.7. The van der Waals surface area contributed by atoms with E-state index < -0.39 is 0 Å². The van der Waals surface area contributed by atoms with Crippen molar-refractivity contribution in [2.75, 3.05) is 31.1 Å². The smallest absolute Gasteiger partial charge is 0.291 e. The van der Waals surface area contributed by atoms with Crippen molar-refractivity contribution in [1.29, 1.82) is 0 Å². The van der Waals surface area contributed by atoms with Crippen LogP contribution in [0, 0.1) is 6.92 Å². The minimum atomic E-state index is -0.226. The molecular weight excluding hydrogens is 446 g/mol. The second-order valence-electron chi connectivity index (χ2n) is 8.05. The molecule has 9 heteroatoms. The van der Waals surface area contributed by atoms with Crippen molar-refractivity contribution < 1.29 is 4.79 Å². The first-order valence-electron chi connectivity index (χ1n) is 10.7. The van der Waals surface area contributed by atoms with Crippen molar-refractivity contribution in [2.24, 2.45) is 0 Å². The molecule has 1 aliphatic heterocycles. The number of piperazine rings is 1. The second kappa shape index (κ2) is 8.26. The zero-order valence-electron chi connectivity index (χ0n) is 18.0. The minimum Gasteiger partial charge on any atom is -0.368 e. The molecule has 5 rings (SSSR count). The van der Waals surface area contributed by atoms with Gasteiger partial charge in [-0.3, -0.25) is 14.0 Å². The predicted octanol–water partition coefficient (Wildman–Crippen LogP) is 3.58. The summed E-state index contributed by atoms with van der Waals surface area (Å²) in [7, 11) is 0. The molecule has 4 aromatic rings. The molecule has 0 saturated carbocycles. The standard InChI is InChI=1S/C23H24ClN5O2S/c1-3-21-25-28(23(31)19-13-20-18(29(19)21)12-15(2)32-20)14-22(30)27-10-8-26(9-11-27)17-6-4-16(24)5-7-17/h4-7,12-13H,3,8-11,14H2,1-2H3. The van der Waals surface area contributed by atoms with Gasteiger partial charge in [0.2, 0.25) is 5.91 Å². The van der Waals surface area contributed by atoms with Crippen LogP contribution in [0.15, 0.2) is 41.2 Å². The molecule has 0 atom stereocenters. The van der Waals surface area contributed by atoms with Gasteiger partial charge in [0.25, 0.3) is 5.56 Å². The molecule has 0 N–H and O–H groups in total. The molecule has 4 heterocycles. The Morgan fingerprint density at radius 2 is 1.81 bits per heavy atom. The van der Waals surface area contributed by atoms with Crippen molar-refractivity contribution in [2.45, 2.75) is 26.8 Å². The van der Waals surface area contributed by atoms with Crippen LogP contribution >= 0.6 is 22.9 Å². The Morgan fingerprint density at radius 3 is 2.50 bits per heavy atom. The summed E-state index contributed by atoms with van der Waals surface area (Å²) in [6.45, 7) is 6.73. The van der Waals surface area contributed by atoms with E-state index >= 15 is 0 Å². The van der Waals surface area contributed by atoms with Crippen LogP contribution in [0.5, 0.6) is 0 Å². The third-order valence-electron chi connectivity index (χ3n) is 5.99. The minimum absolute atomic E-state index is 0.0405. The number of aryl methyl sites for hydroxylation is 2. The number of amides is 1. The van der Waals surface area contributed by atoms with Gasteiger partial charge in [0.15, 0.2) is 0 Å². The average Bonchev–Trinajstić information content (AvgIpc) is 3.33. The molecule has 1 saturated heterocycles. The van der Waals surface area contributed by atoms with Crippen LogP contribution in [0.2, 0.25) is 5.02 Å². The Bertz CT molecular complexity index is 1360. The van der Waals surface area contributed by atoms with Crippen LogP contribution in [-0.4, -0.2) is 51.2 Å². The summed E-state index contributed by atoms with van der Waals surface area (Å²) in [5, 5.41) is 5.27. The number of aromatic nitrogens is 3. The highest BCUT2D eigenvalue weighted by molar-refractivity contribution is 7.19. The molecule has 0 aliphatic carbocycles. The van der Waals surface area contributed by atoms with Crippen molar-refractivity contribution >= 4 is 50.3 Å². The Hall–Kier alpha value is -2.84. The van der Waals surface area contributed by atoms with E-state index in [1.807, 2.05) is 46.6 Å². The van der Waals surface area contributed by atoms with Gasteiger partial charge in [-0.15, -0.1) is 11.3 Å². The van der Waals surface area contributed by atoms with E-state index in [1.54, 1.807) is 11.3 Å². The lowest BCUT2D eigenvalue weighted by molar-refractivity contribution is -0.132. The summed E-state index contributed by atoms with van der Waals surface area (Å²) in [4.78, 5) is 31.4. The SMILES string of the molecule is CCc1nn(CC(=O)N2CCN(c3ccc(Cl)cc3)CC2)c(=O)c2cc3sc(C)cc3n12. The van der Waals surface area contributed by atoms with Gasteiger partial charge in [-0.25, -0.2) is 4.68 Å². The lowest BCUT2D eigenvalue weighted by Crippen LogP contribution is -2.50. The van der Waals surface area contributed by atoms with Gasteiger partial charge in [0, 0.05) is 48.2 Å². The number of carbonyl (C=O) groups excluding carboxylic acids is 1. The molecule has 32 heavy (non-hydrogen) atoms. The number of hydrogen-bond acceptors (Lipinski definition) is 5. The highest BCUT2D eigenvalue weighted by Gasteiger charge is 2.23. The predicted molar refractivity (Wildman–Crippen MR) is 129 cm³/mol. The Labute approximate surface area is 194 Å². The highest BCUT2D eigenvalue weighted by Crippen LogP contribution is 2.28. The maximum atomic E-state index is 13.1. The van der Waals surface area contributed by atoms with Gasteiger partial charge in [-0.2, -0.15) is 5.10 Å². The number of rotatable bonds is 4. The van der Waals surface area contributed by atoms with Gasteiger partial charge in [0.1, 0.15) is 17.9 Å².